The smallest absolute Gasteiger partial charge is 0.139 e. The highest BCUT2D eigenvalue weighted by molar-refractivity contribution is 7.71. The van der Waals surface area contributed by atoms with E-state index in [4.69, 9.17) is 28.2 Å². The van der Waals surface area contributed by atoms with Gasteiger partial charge in [-0.2, -0.15) is 0 Å². The molecule has 0 aliphatic carbocycles. The van der Waals surface area contributed by atoms with Gasteiger partial charge in [-0.1, -0.05) is 78.4 Å². The average Bonchev–Trinajstić information content (AvgIpc) is 2.65. The van der Waals surface area contributed by atoms with Gasteiger partial charge in [-0.05, 0) is 29.8 Å². The van der Waals surface area contributed by atoms with E-state index in [0.29, 0.717) is 6.42 Å². The van der Waals surface area contributed by atoms with Gasteiger partial charge in [0, 0.05) is 28.0 Å². The molecule has 4 aromatic rings. The molecule has 0 aliphatic heterocycles. The standard InChI is InChI=1S/C22H15ClOS/c23-17-10-6-7-15(13-17)14-19-21(16-8-2-1-3-9-16)24-20-12-5-4-11-18(20)22(19)25/h1-13H,14H2. The Morgan fingerprint density at radius 2 is 1.60 bits per heavy atom. The van der Waals surface area contributed by atoms with Gasteiger partial charge in [0.2, 0.25) is 0 Å². The van der Waals surface area contributed by atoms with Crippen molar-refractivity contribution in [2.45, 2.75) is 6.42 Å². The second-order valence-corrected chi connectivity index (χ2v) is 6.75. The Kier molecular flexibility index (Phi) is 4.39. The Bertz CT molecular complexity index is 1100. The number of hydrogen-bond donors (Lipinski definition) is 0. The van der Waals surface area contributed by atoms with Crippen molar-refractivity contribution in [2.24, 2.45) is 0 Å². The Labute approximate surface area is 156 Å². The predicted molar refractivity (Wildman–Crippen MR) is 107 cm³/mol. The van der Waals surface area contributed by atoms with Crippen LogP contribution >= 0.6 is 23.8 Å². The summed E-state index contributed by atoms with van der Waals surface area (Å²) in [5.41, 5.74) is 3.96. The molecule has 3 aromatic carbocycles. The molecule has 1 nitrogen and oxygen atoms in total. The molecule has 1 aromatic heterocycles. The molecule has 0 bridgehead atoms. The van der Waals surface area contributed by atoms with Crippen LogP contribution in [0.25, 0.3) is 22.3 Å². The van der Waals surface area contributed by atoms with Crippen LogP contribution in [0.5, 0.6) is 0 Å². The van der Waals surface area contributed by atoms with Gasteiger partial charge in [-0.3, -0.25) is 0 Å². The van der Waals surface area contributed by atoms with E-state index in [1.54, 1.807) is 0 Å². The molecule has 4 rings (SSSR count). The molecule has 1 heterocycles. The first-order valence-corrected chi connectivity index (χ1v) is 8.85. The average molecular weight is 363 g/mol. The van der Waals surface area contributed by atoms with Gasteiger partial charge in [0.1, 0.15) is 11.3 Å². The summed E-state index contributed by atoms with van der Waals surface area (Å²) < 4.78 is 7.10. The van der Waals surface area contributed by atoms with Crippen LogP contribution in [0.4, 0.5) is 0 Å². The summed E-state index contributed by atoms with van der Waals surface area (Å²) in [6, 6.07) is 25.9. The molecule has 0 spiro atoms. The summed E-state index contributed by atoms with van der Waals surface area (Å²) in [4.78, 5) is 0. The van der Waals surface area contributed by atoms with E-state index in [9.17, 15) is 0 Å². The maximum absolute atomic E-state index is 6.26. The van der Waals surface area contributed by atoms with Crippen LogP contribution in [0.3, 0.4) is 0 Å². The first kappa shape index (κ1) is 16.1. The number of halogens is 1. The third-order valence-electron chi connectivity index (χ3n) is 4.20. The Balaban J connectivity index is 1.97. The van der Waals surface area contributed by atoms with Crippen LogP contribution in [-0.4, -0.2) is 0 Å². The maximum atomic E-state index is 6.26. The molecule has 0 aliphatic rings. The quantitative estimate of drug-likeness (QED) is 0.361. The van der Waals surface area contributed by atoms with Crippen molar-refractivity contribution in [3.63, 3.8) is 0 Å². The highest BCUT2D eigenvalue weighted by atomic mass is 35.5. The number of fused-ring (bicyclic) bond motifs is 1. The van der Waals surface area contributed by atoms with Crippen LogP contribution in [0.15, 0.2) is 83.3 Å². The molecule has 0 saturated carbocycles. The largest absolute Gasteiger partial charge is 0.456 e. The minimum absolute atomic E-state index is 0.679. The van der Waals surface area contributed by atoms with Crippen LogP contribution in [-0.2, 0) is 6.42 Å². The summed E-state index contributed by atoms with van der Waals surface area (Å²) in [6.45, 7) is 0. The molecule has 122 valence electrons. The van der Waals surface area contributed by atoms with Crippen molar-refractivity contribution in [3.8, 4) is 11.3 Å². The van der Waals surface area contributed by atoms with Gasteiger partial charge in [-0.25, -0.2) is 0 Å². The van der Waals surface area contributed by atoms with Crippen molar-refractivity contribution in [1.29, 1.82) is 0 Å². The summed E-state index contributed by atoms with van der Waals surface area (Å²) >= 11 is 12.0. The molecule has 0 atom stereocenters. The lowest BCUT2D eigenvalue weighted by Crippen LogP contribution is -1.95. The van der Waals surface area contributed by atoms with Crippen LogP contribution in [0.1, 0.15) is 11.1 Å². The molecule has 0 N–H and O–H groups in total. The topological polar surface area (TPSA) is 13.1 Å². The highest BCUT2D eigenvalue weighted by Gasteiger charge is 2.14. The first-order chi connectivity index (χ1) is 12.2. The number of benzene rings is 3. The lowest BCUT2D eigenvalue weighted by Gasteiger charge is -2.12. The molecule has 3 heteroatoms. The fourth-order valence-corrected chi connectivity index (χ4v) is 3.56. The van der Waals surface area contributed by atoms with Crippen molar-refractivity contribution in [1.82, 2.24) is 0 Å². The van der Waals surface area contributed by atoms with Gasteiger partial charge in [0.05, 0.1) is 4.51 Å². The van der Waals surface area contributed by atoms with E-state index < -0.39 is 0 Å². The molecule has 25 heavy (non-hydrogen) atoms. The van der Waals surface area contributed by atoms with E-state index in [1.807, 2.05) is 72.8 Å². The van der Waals surface area contributed by atoms with E-state index in [2.05, 4.69) is 6.07 Å². The van der Waals surface area contributed by atoms with E-state index in [0.717, 1.165) is 43.0 Å². The summed E-state index contributed by atoms with van der Waals surface area (Å²) in [7, 11) is 0. The molecular weight excluding hydrogens is 348 g/mol. The third kappa shape index (κ3) is 3.23. The molecule has 0 amide bonds. The predicted octanol–water partition coefficient (Wildman–Crippen LogP) is 7.07. The fourth-order valence-electron chi connectivity index (χ4n) is 3.01. The molecule has 0 radical (unpaired) electrons. The first-order valence-electron chi connectivity index (χ1n) is 8.07. The van der Waals surface area contributed by atoms with Crippen molar-refractivity contribution >= 4 is 34.8 Å². The van der Waals surface area contributed by atoms with Gasteiger partial charge in [-0.15, -0.1) is 0 Å². The van der Waals surface area contributed by atoms with E-state index >= 15 is 0 Å². The maximum Gasteiger partial charge on any atom is 0.139 e. The summed E-state index contributed by atoms with van der Waals surface area (Å²) in [6.07, 6.45) is 0.679. The molecule has 0 saturated heterocycles. The zero-order valence-corrected chi connectivity index (χ0v) is 15.0. The van der Waals surface area contributed by atoms with E-state index in [-0.39, 0.29) is 0 Å². The van der Waals surface area contributed by atoms with Gasteiger partial charge in [0.25, 0.3) is 0 Å². The van der Waals surface area contributed by atoms with Crippen molar-refractivity contribution in [2.75, 3.05) is 0 Å². The minimum atomic E-state index is 0.679. The van der Waals surface area contributed by atoms with Crippen LogP contribution in [0.2, 0.25) is 5.02 Å². The highest BCUT2D eigenvalue weighted by Crippen LogP contribution is 2.32. The summed E-state index contributed by atoms with van der Waals surface area (Å²) in [5.74, 6) is 0.823. The fraction of sp³-hybridized carbons (Fsp3) is 0.0455. The van der Waals surface area contributed by atoms with Crippen molar-refractivity contribution < 1.29 is 4.42 Å². The van der Waals surface area contributed by atoms with Gasteiger partial charge >= 0.3 is 0 Å². The number of rotatable bonds is 3. The lowest BCUT2D eigenvalue weighted by molar-refractivity contribution is 0.613. The van der Waals surface area contributed by atoms with Crippen molar-refractivity contribution in [3.05, 3.63) is 99.5 Å². The number of para-hydroxylation sites is 1. The molecule has 0 fully saturated rings. The van der Waals surface area contributed by atoms with E-state index in [1.165, 1.54) is 0 Å². The zero-order valence-electron chi connectivity index (χ0n) is 13.4. The second-order valence-electron chi connectivity index (χ2n) is 5.91. The minimum Gasteiger partial charge on any atom is -0.456 e. The lowest BCUT2D eigenvalue weighted by atomic mass is 9.99. The SMILES string of the molecule is S=c1c(Cc2cccc(Cl)c2)c(-c2ccccc2)oc2ccccc12. The van der Waals surface area contributed by atoms with Crippen LogP contribution in [0, 0.1) is 4.51 Å². The van der Waals surface area contributed by atoms with Gasteiger partial charge in [0.15, 0.2) is 0 Å². The zero-order chi connectivity index (χ0) is 17.2. The van der Waals surface area contributed by atoms with Gasteiger partial charge < -0.3 is 4.42 Å². The normalized spacial score (nSPS) is 10.9. The Hall–Kier alpha value is -2.42. The third-order valence-corrected chi connectivity index (χ3v) is 4.90. The molecular formula is C22H15ClOS. The molecule has 0 unspecified atom stereocenters. The monoisotopic (exact) mass is 362 g/mol. The van der Waals surface area contributed by atoms with Crippen LogP contribution < -0.4 is 0 Å². The second kappa shape index (κ2) is 6.83. The summed E-state index contributed by atoms with van der Waals surface area (Å²) in [5, 5.41) is 1.69. The number of hydrogen-bond acceptors (Lipinski definition) is 2. The Morgan fingerprint density at radius 3 is 2.40 bits per heavy atom. The Morgan fingerprint density at radius 1 is 0.840 bits per heavy atom.